The Bertz CT molecular complexity index is 1500. The number of rotatable bonds is 5. The highest BCUT2D eigenvalue weighted by molar-refractivity contribution is 5.95. The van der Waals surface area contributed by atoms with Gasteiger partial charge in [-0.3, -0.25) is 4.68 Å². The number of nitrogens with one attached hydrogen (secondary N) is 2. The molecule has 1 saturated heterocycles. The molecule has 0 amide bonds. The molecule has 1 fully saturated rings. The van der Waals surface area contributed by atoms with Gasteiger partial charge in [0.05, 0.1) is 12.7 Å². The smallest absolute Gasteiger partial charge is 0.166 e. The van der Waals surface area contributed by atoms with E-state index in [1.54, 1.807) is 29.3 Å². The van der Waals surface area contributed by atoms with Crippen LogP contribution in [-0.4, -0.2) is 50.9 Å². The Morgan fingerprint density at radius 1 is 0.914 bits per heavy atom. The highest BCUT2D eigenvalue weighted by atomic mass is 19.1. The molecule has 35 heavy (non-hydrogen) atoms. The van der Waals surface area contributed by atoms with Crippen LogP contribution in [-0.2, 0) is 6.54 Å². The number of aromatic amines is 1. The molecule has 4 aromatic heterocycles. The van der Waals surface area contributed by atoms with Crippen LogP contribution in [0.15, 0.2) is 67.4 Å². The number of fused-ring (bicyclic) bond motifs is 1. The molecule has 1 aromatic carbocycles. The van der Waals surface area contributed by atoms with Crippen LogP contribution in [0.5, 0.6) is 0 Å². The topological polar surface area (TPSA) is 74.7 Å². The van der Waals surface area contributed by atoms with Crippen LogP contribution in [0, 0.1) is 11.6 Å². The van der Waals surface area contributed by atoms with E-state index in [0.717, 1.165) is 59.5 Å². The van der Waals surface area contributed by atoms with E-state index in [1.165, 1.54) is 18.2 Å². The average Bonchev–Trinajstić information content (AvgIpc) is 3.51. The Morgan fingerprint density at radius 2 is 1.74 bits per heavy atom. The van der Waals surface area contributed by atoms with Crippen molar-refractivity contribution in [1.29, 1.82) is 0 Å². The molecule has 1 aliphatic rings. The molecule has 5 aromatic rings. The Labute approximate surface area is 200 Å². The van der Waals surface area contributed by atoms with Gasteiger partial charge in [-0.05, 0) is 29.8 Å². The van der Waals surface area contributed by atoms with Crippen molar-refractivity contribution in [2.75, 3.05) is 31.1 Å². The van der Waals surface area contributed by atoms with E-state index >= 15 is 0 Å². The number of halogens is 2. The predicted octanol–water partition coefficient (Wildman–Crippen LogP) is 4.22. The van der Waals surface area contributed by atoms with Gasteiger partial charge < -0.3 is 15.2 Å². The van der Waals surface area contributed by atoms with Crippen molar-refractivity contribution < 1.29 is 8.78 Å². The zero-order valence-electron chi connectivity index (χ0n) is 18.9. The Kier molecular flexibility index (Phi) is 5.46. The molecule has 0 saturated carbocycles. The van der Waals surface area contributed by atoms with Crippen LogP contribution in [0.4, 0.5) is 14.6 Å². The molecule has 0 atom stereocenters. The number of aromatic nitrogens is 5. The number of H-pyrrole nitrogens is 1. The number of nitrogens with zero attached hydrogens (tertiary/aromatic N) is 5. The zero-order chi connectivity index (χ0) is 23.8. The van der Waals surface area contributed by atoms with Gasteiger partial charge in [0, 0.05) is 78.6 Å². The monoisotopic (exact) mass is 471 g/mol. The molecule has 0 aliphatic carbocycles. The summed E-state index contributed by atoms with van der Waals surface area (Å²) in [6.07, 6.45) is 9.00. The Balaban J connectivity index is 1.29. The molecular formula is C26H23F2N7. The maximum absolute atomic E-state index is 14.9. The van der Waals surface area contributed by atoms with Crippen LogP contribution in [0.25, 0.3) is 33.3 Å². The van der Waals surface area contributed by atoms with Crippen molar-refractivity contribution >= 4 is 16.9 Å². The zero-order valence-corrected chi connectivity index (χ0v) is 18.9. The third kappa shape index (κ3) is 4.26. The van der Waals surface area contributed by atoms with Crippen LogP contribution in [0.3, 0.4) is 0 Å². The number of benzene rings is 1. The summed E-state index contributed by atoms with van der Waals surface area (Å²) in [5.41, 5.74) is 4.86. The first-order chi connectivity index (χ1) is 17.1. The van der Waals surface area contributed by atoms with Crippen molar-refractivity contribution in [3.05, 3.63) is 84.6 Å². The summed E-state index contributed by atoms with van der Waals surface area (Å²) in [5, 5.41) is 8.61. The largest absolute Gasteiger partial charge is 0.352 e. The second-order valence-electron chi connectivity index (χ2n) is 8.65. The quantitative estimate of drug-likeness (QED) is 0.402. The van der Waals surface area contributed by atoms with Crippen molar-refractivity contribution in [3.8, 4) is 22.3 Å². The van der Waals surface area contributed by atoms with Crippen molar-refractivity contribution in [1.82, 2.24) is 30.0 Å². The molecule has 0 spiro atoms. The molecule has 176 valence electrons. The second kappa shape index (κ2) is 8.92. The van der Waals surface area contributed by atoms with Gasteiger partial charge in [-0.2, -0.15) is 5.10 Å². The van der Waals surface area contributed by atoms with E-state index in [0.29, 0.717) is 17.9 Å². The SMILES string of the molecule is Fc1cccc(Cn2cc(-c3c[nH]c4ncc(-c5cnc(N6CCNCC6)c(F)c5)cc34)cn2)c1. The number of hydrogen-bond donors (Lipinski definition) is 2. The van der Waals surface area contributed by atoms with Gasteiger partial charge in [0.15, 0.2) is 11.6 Å². The van der Waals surface area contributed by atoms with E-state index in [4.69, 9.17) is 0 Å². The summed E-state index contributed by atoms with van der Waals surface area (Å²) in [6, 6.07) is 10.00. The summed E-state index contributed by atoms with van der Waals surface area (Å²) >= 11 is 0. The maximum atomic E-state index is 14.9. The second-order valence-corrected chi connectivity index (χ2v) is 8.65. The lowest BCUT2D eigenvalue weighted by Crippen LogP contribution is -2.44. The number of hydrogen-bond acceptors (Lipinski definition) is 5. The lowest BCUT2D eigenvalue weighted by atomic mass is 10.1. The van der Waals surface area contributed by atoms with Gasteiger partial charge in [-0.1, -0.05) is 12.1 Å². The van der Waals surface area contributed by atoms with Crippen LogP contribution in [0.2, 0.25) is 0 Å². The molecule has 0 radical (unpaired) electrons. The first kappa shape index (κ1) is 21.4. The molecule has 1 aliphatic heterocycles. The fourth-order valence-corrected chi connectivity index (χ4v) is 4.51. The van der Waals surface area contributed by atoms with Crippen molar-refractivity contribution in [3.63, 3.8) is 0 Å². The number of pyridine rings is 2. The van der Waals surface area contributed by atoms with Gasteiger partial charge >= 0.3 is 0 Å². The first-order valence-corrected chi connectivity index (χ1v) is 11.5. The van der Waals surface area contributed by atoms with Crippen molar-refractivity contribution in [2.24, 2.45) is 0 Å². The van der Waals surface area contributed by atoms with Crippen LogP contribution in [0.1, 0.15) is 5.56 Å². The molecule has 7 nitrogen and oxygen atoms in total. The van der Waals surface area contributed by atoms with E-state index < -0.39 is 0 Å². The molecule has 6 rings (SSSR count). The maximum Gasteiger partial charge on any atom is 0.166 e. The lowest BCUT2D eigenvalue weighted by molar-refractivity contribution is 0.559. The fourth-order valence-electron chi connectivity index (χ4n) is 4.51. The van der Waals surface area contributed by atoms with Gasteiger partial charge in [0.25, 0.3) is 0 Å². The van der Waals surface area contributed by atoms with Gasteiger partial charge in [0.2, 0.25) is 0 Å². The van der Waals surface area contributed by atoms with E-state index in [2.05, 4.69) is 25.4 Å². The number of piperazine rings is 1. The Morgan fingerprint density at radius 3 is 2.57 bits per heavy atom. The summed E-state index contributed by atoms with van der Waals surface area (Å²) in [4.78, 5) is 14.1. The minimum absolute atomic E-state index is 0.267. The minimum atomic E-state index is -0.336. The van der Waals surface area contributed by atoms with Crippen molar-refractivity contribution in [2.45, 2.75) is 6.54 Å². The molecule has 9 heteroatoms. The van der Waals surface area contributed by atoms with E-state index in [-0.39, 0.29) is 11.6 Å². The number of anilines is 1. The highest BCUT2D eigenvalue weighted by Gasteiger charge is 2.17. The predicted molar refractivity (Wildman–Crippen MR) is 131 cm³/mol. The first-order valence-electron chi connectivity index (χ1n) is 11.5. The standard InChI is InChI=1S/C26H23F2N7/c27-21-3-1-2-17(8-21)15-35-16-20(13-33-35)23-14-31-25-22(23)9-18(11-30-25)19-10-24(28)26(32-12-19)34-6-4-29-5-7-34/h1-3,8-14,16,29H,4-7,15H2,(H,30,31). The van der Waals surface area contributed by atoms with E-state index in [1.807, 2.05) is 29.4 Å². The molecule has 2 N–H and O–H groups in total. The molecular weight excluding hydrogens is 448 g/mol. The fraction of sp³-hybridized carbons (Fsp3) is 0.192. The van der Waals surface area contributed by atoms with Crippen LogP contribution >= 0.6 is 0 Å². The highest BCUT2D eigenvalue weighted by Crippen LogP contribution is 2.32. The van der Waals surface area contributed by atoms with Gasteiger partial charge in [-0.15, -0.1) is 0 Å². The summed E-state index contributed by atoms with van der Waals surface area (Å²) in [7, 11) is 0. The summed E-state index contributed by atoms with van der Waals surface area (Å²) in [6.45, 7) is 3.57. The van der Waals surface area contributed by atoms with Gasteiger partial charge in [0.1, 0.15) is 11.5 Å². The minimum Gasteiger partial charge on any atom is -0.352 e. The van der Waals surface area contributed by atoms with Gasteiger partial charge in [-0.25, -0.2) is 18.7 Å². The summed E-state index contributed by atoms with van der Waals surface area (Å²) < 4.78 is 30.2. The third-order valence-electron chi connectivity index (χ3n) is 6.28. The van der Waals surface area contributed by atoms with Crippen LogP contribution < -0.4 is 10.2 Å². The normalized spacial score (nSPS) is 14.1. The third-order valence-corrected chi connectivity index (χ3v) is 6.28. The lowest BCUT2D eigenvalue weighted by Gasteiger charge is -2.28. The molecule has 5 heterocycles. The molecule has 0 bridgehead atoms. The average molecular weight is 472 g/mol. The van der Waals surface area contributed by atoms with E-state index in [9.17, 15) is 8.78 Å². The summed E-state index contributed by atoms with van der Waals surface area (Å²) in [5.74, 6) is -0.216. The molecule has 0 unspecified atom stereocenters. The Hall–Kier alpha value is -4.11.